The van der Waals surface area contributed by atoms with Crippen LogP contribution in [0.15, 0.2) is 36.4 Å². The summed E-state index contributed by atoms with van der Waals surface area (Å²) < 4.78 is 15.8. The van der Waals surface area contributed by atoms with Crippen LogP contribution in [-0.4, -0.2) is 26.7 Å². The van der Waals surface area contributed by atoms with Gasteiger partial charge in [-0.05, 0) is 30.7 Å². The van der Waals surface area contributed by atoms with Crippen LogP contribution in [0.3, 0.4) is 0 Å². The minimum Gasteiger partial charge on any atom is -0.495 e. The van der Waals surface area contributed by atoms with E-state index in [0.717, 1.165) is 11.3 Å². The summed E-state index contributed by atoms with van der Waals surface area (Å²) in [4.78, 5) is 12.3. The molecular weight excluding hydrogens is 330 g/mol. The van der Waals surface area contributed by atoms with Crippen LogP contribution in [0.2, 0.25) is 5.02 Å². The summed E-state index contributed by atoms with van der Waals surface area (Å²) in [6.07, 6.45) is 0.235. The van der Waals surface area contributed by atoms with Crippen LogP contribution >= 0.6 is 11.6 Å². The first-order valence-electron chi connectivity index (χ1n) is 7.50. The predicted octanol–water partition coefficient (Wildman–Crippen LogP) is 3.94. The number of rotatable bonds is 7. The molecule has 128 valence electrons. The largest absolute Gasteiger partial charge is 0.495 e. The summed E-state index contributed by atoms with van der Waals surface area (Å²) in [7, 11) is 3.04. The van der Waals surface area contributed by atoms with Crippen molar-refractivity contribution in [3.8, 4) is 17.2 Å². The number of hydrogen-bond donors (Lipinski definition) is 1. The van der Waals surface area contributed by atoms with E-state index in [4.69, 9.17) is 25.8 Å². The SMILES string of the molecule is CCOc1ccc(CC(=O)Nc2cc(Cl)c(OC)cc2OC)cc1. The Labute approximate surface area is 146 Å². The highest BCUT2D eigenvalue weighted by atomic mass is 35.5. The Bertz CT molecular complexity index is 701. The van der Waals surface area contributed by atoms with Crippen molar-refractivity contribution in [2.45, 2.75) is 13.3 Å². The highest BCUT2D eigenvalue weighted by Crippen LogP contribution is 2.35. The molecule has 0 fully saturated rings. The maximum atomic E-state index is 12.3. The molecule has 0 aliphatic carbocycles. The minimum absolute atomic E-state index is 0.168. The first-order valence-corrected chi connectivity index (χ1v) is 7.88. The van der Waals surface area contributed by atoms with E-state index in [-0.39, 0.29) is 12.3 Å². The van der Waals surface area contributed by atoms with Crippen molar-refractivity contribution >= 4 is 23.2 Å². The predicted molar refractivity (Wildman–Crippen MR) is 94.5 cm³/mol. The van der Waals surface area contributed by atoms with Gasteiger partial charge < -0.3 is 19.5 Å². The molecule has 0 atom stereocenters. The lowest BCUT2D eigenvalue weighted by Crippen LogP contribution is -2.15. The van der Waals surface area contributed by atoms with Gasteiger partial charge in [0.15, 0.2) is 0 Å². The number of methoxy groups -OCH3 is 2. The average Bonchev–Trinajstić information content (AvgIpc) is 2.57. The fourth-order valence-electron chi connectivity index (χ4n) is 2.21. The number of benzene rings is 2. The van der Waals surface area contributed by atoms with Gasteiger partial charge in [-0.3, -0.25) is 4.79 Å². The summed E-state index contributed by atoms with van der Waals surface area (Å²) in [6, 6.07) is 10.7. The van der Waals surface area contributed by atoms with Crippen LogP contribution < -0.4 is 19.5 Å². The third-order valence-electron chi connectivity index (χ3n) is 3.35. The van der Waals surface area contributed by atoms with E-state index in [9.17, 15) is 4.79 Å². The molecule has 2 rings (SSSR count). The van der Waals surface area contributed by atoms with Gasteiger partial charge in [0.1, 0.15) is 17.2 Å². The van der Waals surface area contributed by atoms with Gasteiger partial charge in [-0.15, -0.1) is 0 Å². The number of hydrogen-bond acceptors (Lipinski definition) is 4. The second kappa shape index (κ2) is 8.45. The molecule has 0 saturated carbocycles. The molecule has 0 bridgehead atoms. The van der Waals surface area contributed by atoms with E-state index < -0.39 is 0 Å². The highest BCUT2D eigenvalue weighted by molar-refractivity contribution is 6.32. The third kappa shape index (κ3) is 4.55. The van der Waals surface area contributed by atoms with Crippen molar-refractivity contribution in [3.63, 3.8) is 0 Å². The van der Waals surface area contributed by atoms with Gasteiger partial charge in [-0.25, -0.2) is 0 Å². The fraction of sp³-hybridized carbons (Fsp3) is 0.278. The first kappa shape index (κ1) is 17.9. The quantitative estimate of drug-likeness (QED) is 0.822. The summed E-state index contributed by atoms with van der Waals surface area (Å²) in [6.45, 7) is 2.53. The maximum absolute atomic E-state index is 12.3. The molecule has 1 N–H and O–H groups in total. The Balaban J connectivity index is 2.07. The Morgan fingerprint density at radius 1 is 1.08 bits per heavy atom. The molecule has 5 nitrogen and oxygen atoms in total. The lowest BCUT2D eigenvalue weighted by molar-refractivity contribution is -0.115. The van der Waals surface area contributed by atoms with Crippen molar-refractivity contribution in [1.82, 2.24) is 0 Å². The van der Waals surface area contributed by atoms with Crippen LogP contribution in [0, 0.1) is 0 Å². The van der Waals surface area contributed by atoms with E-state index in [1.54, 1.807) is 12.1 Å². The van der Waals surface area contributed by atoms with Crippen LogP contribution in [0.25, 0.3) is 0 Å². The zero-order chi connectivity index (χ0) is 17.5. The lowest BCUT2D eigenvalue weighted by atomic mass is 10.1. The molecule has 0 aliphatic heterocycles. The van der Waals surface area contributed by atoms with Gasteiger partial charge in [0.2, 0.25) is 5.91 Å². The van der Waals surface area contributed by atoms with Crippen LogP contribution in [0.4, 0.5) is 5.69 Å². The molecule has 1 amide bonds. The molecule has 0 aromatic heterocycles. The monoisotopic (exact) mass is 349 g/mol. The van der Waals surface area contributed by atoms with E-state index in [2.05, 4.69) is 5.32 Å². The Morgan fingerprint density at radius 2 is 1.75 bits per heavy atom. The number of carbonyl (C=O) groups is 1. The normalized spacial score (nSPS) is 10.2. The number of halogens is 1. The van der Waals surface area contributed by atoms with Gasteiger partial charge in [-0.2, -0.15) is 0 Å². The van der Waals surface area contributed by atoms with Crippen LogP contribution in [0.1, 0.15) is 12.5 Å². The first-order chi connectivity index (χ1) is 11.6. The molecule has 0 heterocycles. The van der Waals surface area contributed by atoms with Gasteiger partial charge >= 0.3 is 0 Å². The van der Waals surface area contributed by atoms with Crippen LogP contribution in [0.5, 0.6) is 17.2 Å². The van der Waals surface area contributed by atoms with Crippen molar-refractivity contribution in [1.29, 1.82) is 0 Å². The fourth-order valence-corrected chi connectivity index (χ4v) is 2.45. The average molecular weight is 350 g/mol. The minimum atomic E-state index is -0.168. The van der Waals surface area contributed by atoms with Crippen molar-refractivity contribution in [2.24, 2.45) is 0 Å². The topological polar surface area (TPSA) is 56.8 Å². The molecular formula is C18H20ClNO4. The lowest BCUT2D eigenvalue weighted by Gasteiger charge is -2.13. The molecule has 0 unspecified atom stereocenters. The summed E-state index contributed by atoms with van der Waals surface area (Å²) in [5.41, 5.74) is 1.38. The number of ether oxygens (including phenoxy) is 3. The van der Waals surface area contributed by atoms with E-state index >= 15 is 0 Å². The van der Waals surface area contributed by atoms with Crippen molar-refractivity contribution < 1.29 is 19.0 Å². The smallest absolute Gasteiger partial charge is 0.228 e. The molecule has 0 radical (unpaired) electrons. The Kier molecular flexibility index (Phi) is 6.32. The highest BCUT2D eigenvalue weighted by Gasteiger charge is 2.13. The van der Waals surface area contributed by atoms with Gasteiger partial charge in [0.25, 0.3) is 0 Å². The second-order valence-electron chi connectivity index (χ2n) is 4.99. The number of amides is 1. The number of nitrogens with one attached hydrogen (secondary N) is 1. The molecule has 24 heavy (non-hydrogen) atoms. The molecule has 6 heteroatoms. The van der Waals surface area contributed by atoms with Crippen molar-refractivity contribution in [3.05, 3.63) is 47.0 Å². The van der Waals surface area contributed by atoms with Crippen LogP contribution in [-0.2, 0) is 11.2 Å². The molecule has 0 aliphatic rings. The molecule has 2 aromatic rings. The van der Waals surface area contributed by atoms with Gasteiger partial charge in [0.05, 0.1) is 38.0 Å². The van der Waals surface area contributed by atoms with Gasteiger partial charge in [-0.1, -0.05) is 23.7 Å². The van der Waals surface area contributed by atoms with E-state index in [1.165, 1.54) is 14.2 Å². The molecule has 0 saturated heterocycles. The molecule has 2 aromatic carbocycles. The number of anilines is 1. The zero-order valence-corrected chi connectivity index (χ0v) is 14.6. The Hall–Kier alpha value is -2.40. The Morgan fingerprint density at radius 3 is 2.33 bits per heavy atom. The van der Waals surface area contributed by atoms with E-state index in [1.807, 2.05) is 31.2 Å². The van der Waals surface area contributed by atoms with Gasteiger partial charge in [0, 0.05) is 6.07 Å². The molecule has 0 spiro atoms. The summed E-state index contributed by atoms with van der Waals surface area (Å²) in [5.74, 6) is 1.58. The summed E-state index contributed by atoms with van der Waals surface area (Å²) in [5, 5.41) is 3.20. The second-order valence-corrected chi connectivity index (χ2v) is 5.40. The maximum Gasteiger partial charge on any atom is 0.228 e. The van der Waals surface area contributed by atoms with E-state index in [0.29, 0.717) is 28.8 Å². The third-order valence-corrected chi connectivity index (χ3v) is 3.64. The standard InChI is InChI=1S/C18H20ClNO4/c1-4-24-13-7-5-12(6-8-13)9-18(21)20-15-10-14(19)16(22-2)11-17(15)23-3/h5-8,10-11H,4,9H2,1-3H3,(H,20,21). The summed E-state index contributed by atoms with van der Waals surface area (Å²) >= 11 is 6.10. The zero-order valence-electron chi connectivity index (χ0n) is 13.9. The van der Waals surface area contributed by atoms with Crippen molar-refractivity contribution in [2.75, 3.05) is 26.1 Å². The number of carbonyl (C=O) groups excluding carboxylic acids is 1.